The Morgan fingerprint density at radius 1 is 1.15 bits per heavy atom. The molecule has 2 N–H and O–H groups in total. The predicted octanol–water partition coefficient (Wildman–Crippen LogP) is 6.67. The molecule has 7 rings (SSSR count). The van der Waals surface area contributed by atoms with Crippen LogP contribution in [0.5, 0.6) is 0 Å². The van der Waals surface area contributed by atoms with E-state index >= 15 is 0 Å². The summed E-state index contributed by atoms with van der Waals surface area (Å²) in [5.41, 5.74) is 9.66. The molecule has 11 nitrogen and oxygen atoms in total. The molecular formula is C41H52N6O5S. The number of cyclic esters (lactones) is 1. The van der Waals surface area contributed by atoms with Gasteiger partial charge in [-0.25, -0.2) is 10.4 Å². The average molecular weight is 741 g/mol. The maximum Gasteiger partial charge on any atom is 0.324 e. The minimum atomic E-state index is -0.832. The highest BCUT2D eigenvalue weighted by molar-refractivity contribution is 7.10. The molecule has 0 radical (unpaired) electrons. The van der Waals surface area contributed by atoms with Crippen molar-refractivity contribution in [2.45, 2.75) is 98.4 Å². The standard InChI is InChI=1S/C41H52N6O5S/c1-22(2)47-33-14-13-26-17-28(33)29(37(47)27-11-9-15-42-36(27)25(5)51-8)19-41(6,7)21-52-40(50)30-12-10-16-46(45-30)39(49)31(18-34-43-32(26)20-53-34)44-38(48)35-23(3)24(35)4/h9,11,13-15,17,20,22-25,30-31,35,45H,10,12,16,18-19,21H2,1-8H3,(H,44,48)/t23-,24+,25-,30-,31-,35?/m0/s1. The van der Waals surface area contributed by atoms with Gasteiger partial charge in [0.1, 0.15) is 12.1 Å². The number of rotatable bonds is 6. The van der Waals surface area contributed by atoms with E-state index in [0.717, 1.165) is 49.7 Å². The summed E-state index contributed by atoms with van der Waals surface area (Å²) >= 11 is 1.49. The molecule has 2 fully saturated rings. The molecular weight excluding hydrogens is 689 g/mol. The molecule has 6 atom stereocenters. The number of esters is 1. The second-order valence-corrected chi connectivity index (χ2v) is 17.2. The average Bonchev–Trinajstić information content (AvgIpc) is 3.43. The van der Waals surface area contributed by atoms with E-state index in [4.69, 9.17) is 19.4 Å². The van der Waals surface area contributed by atoms with Crippen LogP contribution in [0.1, 0.15) is 89.7 Å². The number of benzene rings is 1. The highest BCUT2D eigenvalue weighted by atomic mass is 32.1. The summed E-state index contributed by atoms with van der Waals surface area (Å²) in [5.74, 6) is -0.359. The number of carbonyl (C=O) groups is 3. The zero-order valence-corrected chi connectivity index (χ0v) is 32.9. The molecule has 1 saturated carbocycles. The maximum atomic E-state index is 14.1. The number of hydrogen-bond acceptors (Lipinski definition) is 9. The van der Waals surface area contributed by atoms with Gasteiger partial charge in [-0.05, 0) is 81.7 Å². The molecule has 1 unspecified atom stereocenters. The van der Waals surface area contributed by atoms with Gasteiger partial charge in [-0.3, -0.25) is 24.4 Å². The first-order valence-corrected chi connectivity index (χ1v) is 19.8. The molecule has 12 heteroatoms. The zero-order valence-electron chi connectivity index (χ0n) is 32.1. The van der Waals surface area contributed by atoms with Crippen molar-refractivity contribution in [1.29, 1.82) is 0 Å². The lowest BCUT2D eigenvalue weighted by molar-refractivity contribution is -0.155. The van der Waals surface area contributed by atoms with Gasteiger partial charge in [0.25, 0.3) is 5.91 Å². The second kappa shape index (κ2) is 14.6. The highest BCUT2D eigenvalue weighted by Crippen LogP contribution is 2.46. The third-order valence-electron chi connectivity index (χ3n) is 11.4. The van der Waals surface area contributed by atoms with Crippen molar-refractivity contribution in [3.05, 3.63) is 58.2 Å². The van der Waals surface area contributed by atoms with Crippen LogP contribution in [0.2, 0.25) is 0 Å². The number of methoxy groups -OCH3 is 1. The van der Waals surface area contributed by atoms with Gasteiger partial charge in [-0.2, -0.15) is 0 Å². The second-order valence-electron chi connectivity index (χ2n) is 16.2. The Labute approximate surface area is 315 Å². The monoisotopic (exact) mass is 740 g/mol. The van der Waals surface area contributed by atoms with Gasteiger partial charge < -0.3 is 19.4 Å². The summed E-state index contributed by atoms with van der Waals surface area (Å²) in [4.78, 5) is 51.0. The van der Waals surface area contributed by atoms with Gasteiger partial charge in [-0.15, -0.1) is 11.3 Å². The van der Waals surface area contributed by atoms with Crippen molar-refractivity contribution in [2.24, 2.45) is 23.2 Å². The number of aromatic nitrogens is 3. The highest BCUT2D eigenvalue weighted by Gasteiger charge is 2.49. The van der Waals surface area contributed by atoms with Crippen LogP contribution in [0, 0.1) is 23.2 Å². The Kier molecular flexibility index (Phi) is 10.2. The van der Waals surface area contributed by atoms with Crippen molar-refractivity contribution in [3.8, 4) is 22.5 Å². The molecule has 3 aromatic heterocycles. The predicted molar refractivity (Wildman–Crippen MR) is 206 cm³/mol. The number of fused-ring (bicyclic) bond motifs is 6. The van der Waals surface area contributed by atoms with Gasteiger partial charge in [0, 0.05) is 71.1 Å². The quantitative estimate of drug-likeness (QED) is 0.210. The van der Waals surface area contributed by atoms with E-state index in [1.807, 2.05) is 24.6 Å². The molecule has 53 heavy (non-hydrogen) atoms. The van der Waals surface area contributed by atoms with E-state index in [0.29, 0.717) is 25.8 Å². The van der Waals surface area contributed by atoms with Gasteiger partial charge >= 0.3 is 5.97 Å². The fraction of sp³-hybridized carbons (Fsp3) is 0.537. The summed E-state index contributed by atoms with van der Waals surface area (Å²) in [6.07, 6.45) is 3.62. The van der Waals surface area contributed by atoms with Crippen molar-refractivity contribution in [1.82, 2.24) is 30.3 Å². The van der Waals surface area contributed by atoms with E-state index in [-0.39, 0.29) is 54.7 Å². The minimum Gasteiger partial charge on any atom is -0.464 e. The molecule has 2 amide bonds. The fourth-order valence-corrected chi connectivity index (χ4v) is 8.97. The summed E-state index contributed by atoms with van der Waals surface area (Å²) in [6.45, 7) is 15.4. The molecule has 6 bridgehead atoms. The van der Waals surface area contributed by atoms with Crippen LogP contribution >= 0.6 is 11.3 Å². The number of ether oxygens (including phenoxy) is 2. The molecule has 1 saturated heterocycles. The number of nitrogens with zero attached hydrogens (tertiary/aromatic N) is 4. The molecule has 1 aliphatic carbocycles. The van der Waals surface area contributed by atoms with E-state index in [9.17, 15) is 14.4 Å². The van der Waals surface area contributed by atoms with Crippen LogP contribution < -0.4 is 10.7 Å². The summed E-state index contributed by atoms with van der Waals surface area (Å²) in [7, 11) is 1.70. The summed E-state index contributed by atoms with van der Waals surface area (Å²) in [5, 5.41) is 8.44. The van der Waals surface area contributed by atoms with Crippen LogP contribution in [-0.4, -0.2) is 69.7 Å². The Hall–Kier alpha value is -4.13. The van der Waals surface area contributed by atoms with Crippen LogP contribution in [0.15, 0.2) is 41.9 Å². The van der Waals surface area contributed by atoms with Gasteiger partial charge in [0.05, 0.1) is 34.8 Å². The van der Waals surface area contributed by atoms with Crippen LogP contribution in [0.3, 0.4) is 0 Å². The number of carbonyl (C=O) groups excluding carboxylic acids is 3. The SMILES string of the molecule is CO[C@@H](C)c1ncccc1-c1c2c3cc(ccc3n1C(C)C)-c1csc(n1)C[C@H](NC(=O)C1[C@@H](C)[C@H]1C)C(=O)N1CCC[C@H](N1)C(=O)OCC(C)(C)C2. The first-order valence-electron chi connectivity index (χ1n) is 18.9. The molecule has 1 aromatic carbocycles. The largest absolute Gasteiger partial charge is 0.464 e. The van der Waals surface area contributed by atoms with E-state index in [1.54, 1.807) is 7.11 Å². The number of thiazole rings is 1. The number of pyridine rings is 1. The Bertz CT molecular complexity index is 2030. The Morgan fingerprint density at radius 3 is 2.64 bits per heavy atom. The first kappa shape index (κ1) is 37.2. The van der Waals surface area contributed by atoms with Crippen LogP contribution in [0.4, 0.5) is 0 Å². The number of hydrazine groups is 1. The van der Waals surface area contributed by atoms with E-state index in [2.05, 4.69) is 81.1 Å². The summed E-state index contributed by atoms with van der Waals surface area (Å²) in [6, 6.07) is 9.20. The topological polar surface area (TPSA) is 128 Å². The van der Waals surface area contributed by atoms with Crippen molar-refractivity contribution in [3.63, 3.8) is 0 Å². The molecule has 282 valence electrons. The van der Waals surface area contributed by atoms with E-state index < -0.39 is 23.5 Å². The molecule has 5 heterocycles. The Morgan fingerprint density at radius 2 is 1.92 bits per heavy atom. The smallest absolute Gasteiger partial charge is 0.324 e. The van der Waals surface area contributed by atoms with Crippen LogP contribution in [-0.2, 0) is 36.7 Å². The van der Waals surface area contributed by atoms with E-state index in [1.165, 1.54) is 16.3 Å². The minimum absolute atomic E-state index is 0.113. The van der Waals surface area contributed by atoms with Gasteiger partial charge in [0.2, 0.25) is 5.91 Å². The normalized spacial score (nSPS) is 25.2. The lowest BCUT2D eigenvalue weighted by atomic mass is 9.84. The van der Waals surface area contributed by atoms with Crippen molar-refractivity contribution in [2.75, 3.05) is 20.3 Å². The fourth-order valence-electron chi connectivity index (χ4n) is 8.12. The van der Waals surface area contributed by atoms with Gasteiger partial charge in [-0.1, -0.05) is 33.8 Å². The van der Waals surface area contributed by atoms with Gasteiger partial charge in [0.15, 0.2) is 0 Å². The third-order valence-corrected chi connectivity index (χ3v) is 12.3. The lowest BCUT2D eigenvalue weighted by Crippen LogP contribution is -2.60. The number of hydrogen-bond donors (Lipinski definition) is 2. The van der Waals surface area contributed by atoms with Crippen molar-refractivity contribution < 1.29 is 23.9 Å². The molecule has 3 aliphatic rings. The first-order chi connectivity index (χ1) is 25.3. The number of nitrogens with one attached hydrogen (secondary N) is 2. The Balaban J connectivity index is 1.37. The number of amides is 2. The molecule has 0 spiro atoms. The lowest BCUT2D eigenvalue weighted by Gasteiger charge is -2.35. The third kappa shape index (κ3) is 7.25. The zero-order chi connectivity index (χ0) is 37.8. The maximum absolute atomic E-state index is 14.1. The van der Waals surface area contributed by atoms with Crippen LogP contribution in [0.25, 0.3) is 33.4 Å². The summed E-state index contributed by atoms with van der Waals surface area (Å²) < 4.78 is 14.3. The molecule has 2 aliphatic heterocycles. The van der Waals surface area contributed by atoms with Crippen molar-refractivity contribution >= 4 is 40.0 Å². The molecule has 4 aromatic rings.